The molecule has 0 bridgehead atoms. The third-order valence-corrected chi connectivity index (χ3v) is 3.57. The van der Waals surface area contributed by atoms with Crippen molar-refractivity contribution in [2.24, 2.45) is 0 Å². The lowest BCUT2D eigenvalue weighted by atomic mass is 10.1. The predicted molar refractivity (Wildman–Crippen MR) is 77.3 cm³/mol. The monoisotopic (exact) mass is 336 g/mol. The van der Waals surface area contributed by atoms with Crippen molar-refractivity contribution in [3.63, 3.8) is 0 Å². The molecule has 2 aromatic rings. The van der Waals surface area contributed by atoms with Crippen LogP contribution in [0.25, 0.3) is 0 Å². The van der Waals surface area contributed by atoms with Gasteiger partial charge in [-0.1, -0.05) is 12.1 Å². The van der Waals surface area contributed by atoms with Gasteiger partial charge in [-0.3, -0.25) is 0 Å². The molecule has 0 spiro atoms. The topological polar surface area (TPSA) is 35.8 Å². The Balaban J connectivity index is 2.26. The van der Waals surface area contributed by atoms with E-state index in [0.29, 0.717) is 15.7 Å². The van der Waals surface area contributed by atoms with Crippen molar-refractivity contribution in [1.82, 2.24) is 0 Å². The van der Waals surface area contributed by atoms with Gasteiger partial charge in [0.2, 0.25) is 0 Å². The predicted octanol–water partition coefficient (Wildman–Crippen LogP) is 4.77. The van der Waals surface area contributed by atoms with E-state index in [1.54, 1.807) is 25.1 Å². The molecule has 1 unspecified atom stereocenters. The molecule has 0 aliphatic carbocycles. The molecule has 1 N–H and O–H groups in total. The molecule has 2 rings (SSSR count). The van der Waals surface area contributed by atoms with Gasteiger partial charge in [-0.15, -0.1) is 0 Å². The Labute approximate surface area is 124 Å². The van der Waals surface area contributed by atoms with Crippen LogP contribution in [0.4, 0.5) is 14.5 Å². The molecule has 20 heavy (non-hydrogen) atoms. The van der Waals surface area contributed by atoms with Crippen LogP contribution in [0, 0.1) is 23.0 Å². The molecule has 2 aromatic carbocycles. The van der Waals surface area contributed by atoms with Crippen LogP contribution in [0.3, 0.4) is 0 Å². The van der Waals surface area contributed by atoms with Crippen LogP contribution < -0.4 is 5.32 Å². The summed E-state index contributed by atoms with van der Waals surface area (Å²) in [6.07, 6.45) is 0. The summed E-state index contributed by atoms with van der Waals surface area (Å²) in [5.74, 6) is -1.72. The first-order valence-electron chi connectivity index (χ1n) is 5.93. The highest BCUT2D eigenvalue weighted by Crippen LogP contribution is 2.28. The molecule has 0 aliphatic rings. The minimum absolute atomic E-state index is 0.251. The smallest absolute Gasteiger partial charge is 0.164 e. The number of nitriles is 1. The Morgan fingerprint density at radius 1 is 1.25 bits per heavy atom. The molecule has 5 heteroatoms. The summed E-state index contributed by atoms with van der Waals surface area (Å²) in [6.45, 7) is 1.74. The second-order valence-corrected chi connectivity index (χ2v) is 5.17. The Morgan fingerprint density at radius 3 is 2.65 bits per heavy atom. The highest BCUT2D eigenvalue weighted by molar-refractivity contribution is 9.10. The van der Waals surface area contributed by atoms with Gasteiger partial charge in [0.05, 0.1) is 17.7 Å². The number of hydrogen-bond acceptors (Lipinski definition) is 2. The van der Waals surface area contributed by atoms with E-state index in [1.807, 2.05) is 6.07 Å². The summed E-state index contributed by atoms with van der Waals surface area (Å²) >= 11 is 3.34. The highest BCUT2D eigenvalue weighted by Gasteiger charge is 2.15. The number of benzene rings is 2. The zero-order valence-corrected chi connectivity index (χ0v) is 12.2. The Hall–Kier alpha value is -1.93. The fourth-order valence-electron chi connectivity index (χ4n) is 1.87. The first-order chi connectivity index (χ1) is 9.52. The maximum Gasteiger partial charge on any atom is 0.164 e. The van der Waals surface area contributed by atoms with Crippen molar-refractivity contribution < 1.29 is 8.78 Å². The van der Waals surface area contributed by atoms with Crippen molar-refractivity contribution in [1.29, 1.82) is 5.26 Å². The molecule has 0 aliphatic heterocycles. The van der Waals surface area contributed by atoms with Gasteiger partial charge in [-0.2, -0.15) is 5.26 Å². The van der Waals surface area contributed by atoms with Crippen LogP contribution in [0.5, 0.6) is 0 Å². The van der Waals surface area contributed by atoms with Gasteiger partial charge < -0.3 is 5.32 Å². The van der Waals surface area contributed by atoms with Crippen LogP contribution in [0.1, 0.15) is 24.1 Å². The summed E-state index contributed by atoms with van der Waals surface area (Å²) < 4.78 is 27.6. The molecule has 0 fully saturated rings. The average molecular weight is 337 g/mol. The molecule has 0 aromatic heterocycles. The van der Waals surface area contributed by atoms with Crippen molar-refractivity contribution >= 4 is 21.6 Å². The van der Waals surface area contributed by atoms with Crippen LogP contribution in [-0.2, 0) is 0 Å². The molecule has 0 radical (unpaired) electrons. The zero-order chi connectivity index (χ0) is 14.7. The Bertz CT molecular complexity index is 680. The zero-order valence-electron chi connectivity index (χ0n) is 10.6. The number of nitrogens with one attached hydrogen (secondary N) is 1. The molecule has 0 saturated carbocycles. The third-order valence-electron chi connectivity index (χ3n) is 2.92. The summed E-state index contributed by atoms with van der Waals surface area (Å²) in [6, 6.07) is 10.8. The number of halogens is 3. The van der Waals surface area contributed by atoms with Gasteiger partial charge in [0.15, 0.2) is 11.6 Å². The van der Waals surface area contributed by atoms with Gasteiger partial charge in [0, 0.05) is 15.7 Å². The third kappa shape index (κ3) is 2.97. The van der Waals surface area contributed by atoms with E-state index >= 15 is 0 Å². The van der Waals surface area contributed by atoms with Gasteiger partial charge >= 0.3 is 0 Å². The number of rotatable bonds is 3. The summed E-state index contributed by atoms with van der Waals surface area (Å²) in [5.41, 5.74) is 1.48. The molecular formula is C15H11BrF2N2. The number of hydrogen-bond donors (Lipinski definition) is 1. The summed E-state index contributed by atoms with van der Waals surface area (Å²) in [7, 11) is 0. The lowest BCUT2D eigenvalue weighted by Crippen LogP contribution is -2.10. The Kier molecular flexibility index (Phi) is 4.35. The van der Waals surface area contributed by atoms with E-state index in [1.165, 1.54) is 12.1 Å². The molecule has 0 heterocycles. The van der Waals surface area contributed by atoms with Gasteiger partial charge in [-0.05, 0) is 47.1 Å². The van der Waals surface area contributed by atoms with Gasteiger partial charge in [0.25, 0.3) is 0 Å². The van der Waals surface area contributed by atoms with E-state index in [2.05, 4.69) is 21.2 Å². The normalized spacial score (nSPS) is 11.8. The van der Waals surface area contributed by atoms with Gasteiger partial charge in [-0.25, -0.2) is 8.78 Å². The largest absolute Gasteiger partial charge is 0.377 e. The van der Waals surface area contributed by atoms with Crippen molar-refractivity contribution in [2.75, 3.05) is 5.32 Å². The summed E-state index contributed by atoms with van der Waals surface area (Å²) in [5, 5.41) is 11.9. The van der Waals surface area contributed by atoms with E-state index < -0.39 is 17.7 Å². The lowest BCUT2D eigenvalue weighted by molar-refractivity contribution is 0.494. The van der Waals surface area contributed by atoms with Crippen LogP contribution in [0.2, 0.25) is 0 Å². The molecule has 102 valence electrons. The van der Waals surface area contributed by atoms with E-state index in [0.717, 1.165) is 6.07 Å². The van der Waals surface area contributed by atoms with Gasteiger partial charge in [0.1, 0.15) is 0 Å². The lowest BCUT2D eigenvalue weighted by Gasteiger charge is -2.17. The highest BCUT2D eigenvalue weighted by atomic mass is 79.9. The van der Waals surface area contributed by atoms with E-state index in [-0.39, 0.29) is 5.56 Å². The fourth-order valence-corrected chi connectivity index (χ4v) is 2.36. The molecule has 0 saturated heterocycles. The standard InChI is InChI=1S/C15H11BrF2N2/c1-9(11-3-2-4-13(17)15(11)18)20-14-6-5-10(8-19)7-12(14)16/h2-7,9,20H,1H3. The Morgan fingerprint density at radius 2 is 2.00 bits per heavy atom. The quantitative estimate of drug-likeness (QED) is 0.876. The average Bonchev–Trinajstić information content (AvgIpc) is 2.44. The number of anilines is 1. The van der Waals surface area contributed by atoms with Crippen molar-refractivity contribution in [3.8, 4) is 6.07 Å². The summed E-state index contributed by atoms with van der Waals surface area (Å²) in [4.78, 5) is 0. The maximum atomic E-state index is 13.7. The second-order valence-electron chi connectivity index (χ2n) is 4.32. The molecule has 2 nitrogen and oxygen atoms in total. The minimum atomic E-state index is -0.866. The fraction of sp³-hybridized carbons (Fsp3) is 0.133. The van der Waals surface area contributed by atoms with Crippen molar-refractivity contribution in [2.45, 2.75) is 13.0 Å². The minimum Gasteiger partial charge on any atom is -0.377 e. The first-order valence-corrected chi connectivity index (χ1v) is 6.72. The molecule has 0 amide bonds. The molecule has 1 atom stereocenters. The van der Waals surface area contributed by atoms with E-state index in [4.69, 9.17) is 5.26 Å². The van der Waals surface area contributed by atoms with Crippen LogP contribution in [-0.4, -0.2) is 0 Å². The molecular weight excluding hydrogens is 326 g/mol. The van der Waals surface area contributed by atoms with Crippen LogP contribution in [0.15, 0.2) is 40.9 Å². The van der Waals surface area contributed by atoms with E-state index in [9.17, 15) is 8.78 Å². The van der Waals surface area contributed by atoms with Crippen molar-refractivity contribution in [3.05, 3.63) is 63.6 Å². The van der Waals surface area contributed by atoms with Crippen LogP contribution >= 0.6 is 15.9 Å². The second kappa shape index (κ2) is 6.02. The maximum absolute atomic E-state index is 13.7. The first kappa shape index (κ1) is 14.5. The SMILES string of the molecule is CC(Nc1ccc(C#N)cc1Br)c1cccc(F)c1F. The number of nitrogens with zero attached hydrogens (tertiary/aromatic N) is 1.